The van der Waals surface area contributed by atoms with Gasteiger partial charge >= 0.3 is 6.18 Å². The third-order valence-electron chi connectivity index (χ3n) is 3.44. The molecule has 0 bridgehead atoms. The molecule has 0 aliphatic rings. The molecule has 0 amide bonds. The number of likely N-dealkylation sites (N-methyl/N-ethyl adjacent to an activating group) is 2. The number of allylic oxidation sites excluding steroid dienone is 2. The van der Waals surface area contributed by atoms with E-state index in [1.165, 1.54) is 19.2 Å². The lowest BCUT2D eigenvalue weighted by atomic mass is 10.3. The zero-order chi connectivity index (χ0) is 20.8. The number of alkyl halides is 3. The van der Waals surface area contributed by atoms with Crippen molar-refractivity contribution in [2.24, 2.45) is 0 Å². The highest BCUT2D eigenvalue weighted by Crippen LogP contribution is 2.40. The van der Waals surface area contributed by atoms with Gasteiger partial charge in [0.2, 0.25) is 11.8 Å². The Balaban J connectivity index is 3.17. The maximum absolute atomic E-state index is 13.3. The smallest absolute Gasteiger partial charge is 0.424 e. The second kappa shape index (κ2) is 9.61. The van der Waals surface area contributed by atoms with Crippen LogP contribution in [0.4, 0.5) is 19.1 Å². The molecule has 0 saturated carbocycles. The van der Waals surface area contributed by atoms with Gasteiger partial charge in [-0.2, -0.15) is 18.2 Å². The van der Waals surface area contributed by atoms with Crippen LogP contribution in [0.25, 0.3) is 0 Å². The molecule has 150 valence electrons. The molecule has 0 aliphatic heterocycles. The van der Waals surface area contributed by atoms with Crippen LogP contribution in [0.2, 0.25) is 5.15 Å². The largest absolute Gasteiger partial charge is 0.438 e. The summed E-state index contributed by atoms with van der Waals surface area (Å²) < 4.78 is 45.3. The third kappa shape index (κ3) is 6.76. The average Bonchev–Trinajstić information content (AvgIpc) is 2.56. The van der Waals surface area contributed by atoms with Crippen LogP contribution in [-0.4, -0.2) is 61.0 Å². The topological polar surface area (TPSA) is 53.5 Å². The van der Waals surface area contributed by atoms with E-state index in [1.54, 1.807) is 0 Å². The van der Waals surface area contributed by atoms with Crippen LogP contribution in [0.1, 0.15) is 5.56 Å². The van der Waals surface area contributed by atoms with Gasteiger partial charge in [-0.15, -0.1) is 0 Å². The molecule has 0 atom stereocenters. The van der Waals surface area contributed by atoms with Crippen LogP contribution < -0.4 is 10.1 Å². The Morgan fingerprint density at radius 1 is 1.26 bits per heavy atom. The zero-order valence-corrected chi connectivity index (χ0v) is 16.4. The first kappa shape index (κ1) is 22.8. The maximum atomic E-state index is 13.3. The van der Waals surface area contributed by atoms with Crippen LogP contribution >= 0.6 is 11.6 Å². The van der Waals surface area contributed by atoms with E-state index in [1.807, 2.05) is 30.9 Å². The summed E-state index contributed by atoms with van der Waals surface area (Å²) in [6.45, 7) is 8.91. The molecule has 1 rings (SSSR count). The Morgan fingerprint density at radius 3 is 2.37 bits per heavy atom. The fourth-order valence-corrected chi connectivity index (χ4v) is 2.12. The Kier molecular flexibility index (Phi) is 8.11. The van der Waals surface area contributed by atoms with Crippen LogP contribution in [0, 0.1) is 0 Å². The highest BCUT2D eigenvalue weighted by Gasteiger charge is 2.39. The highest BCUT2D eigenvalue weighted by atomic mass is 35.5. The van der Waals surface area contributed by atoms with Crippen molar-refractivity contribution in [3.05, 3.63) is 47.5 Å². The Hall–Kier alpha value is -2.26. The Morgan fingerprint density at radius 2 is 1.89 bits per heavy atom. The number of hydrogen-bond donors (Lipinski definition) is 1. The molecule has 0 spiro atoms. The number of halogens is 4. The molecular weight excluding hydrogens is 383 g/mol. The van der Waals surface area contributed by atoms with Crippen molar-refractivity contribution in [2.45, 2.75) is 6.18 Å². The van der Waals surface area contributed by atoms with Gasteiger partial charge in [0.05, 0.1) is 0 Å². The van der Waals surface area contributed by atoms with Gasteiger partial charge in [0, 0.05) is 39.0 Å². The summed E-state index contributed by atoms with van der Waals surface area (Å²) in [5.41, 5.74) is -0.725. The molecule has 0 saturated heterocycles. The predicted octanol–water partition coefficient (Wildman–Crippen LogP) is 3.65. The van der Waals surface area contributed by atoms with Gasteiger partial charge in [-0.25, -0.2) is 4.98 Å². The van der Waals surface area contributed by atoms with Crippen molar-refractivity contribution < 1.29 is 17.9 Å². The minimum atomic E-state index is -4.79. The summed E-state index contributed by atoms with van der Waals surface area (Å²) in [5.74, 6) is -0.783. The van der Waals surface area contributed by atoms with Crippen LogP contribution in [0.15, 0.2) is 36.8 Å². The minimum absolute atomic E-state index is 0.0408. The molecule has 0 fully saturated rings. The molecule has 1 aromatic rings. The van der Waals surface area contributed by atoms with Crippen molar-refractivity contribution in [3.8, 4) is 5.88 Å². The molecule has 6 nitrogen and oxygen atoms in total. The lowest BCUT2D eigenvalue weighted by Crippen LogP contribution is -2.27. The number of anilines is 1. The number of ether oxygens (including phenoxy) is 1. The molecule has 0 aromatic carbocycles. The molecule has 1 aromatic heterocycles. The molecule has 27 heavy (non-hydrogen) atoms. The Labute approximate surface area is 162 Å². The summed E-state index contributed by atoms with van der Waals surface area (Å²) in [6, 6.07) is 0. The fourth-order valence-electron chi connectivity index (χ4n) is 1.85. The van der Waals surface area contributed by atoms with E-state index in [4.69, 9.17) is 16.3 Å². The monoisotopic (exact) mass is 405 g/mol. The van der Waals surface area contributed by atoms with E-state index in [9.17, 15) is 13.2 Å². The molecule has 0 unspecified atom stereocenters. The lowest BCUT2D eigenvalue weighted by Gasteiger charge is -2.22. The molecule has 1 N–H and O–H groups in total. The fraction of sp³-hybridized carbons (Fsp3) is 0.412. The normalized spacial score (nSPS) is 12.1. The SMILES string of the molecule is C=C/C(=C\C(=C)N(C)CCN(C)C)Oc1nc(NC)nc(Cl)c1C(F)(F)F. The molecule has 10 heteroatoms. The highest BCUT2D eigenvalue weighted by molar-refractivity contribution is 6.30. The maximum Gasteiger partial charge on any atom is 0.424 e. The Bertz CT molecular complexity index is 719. The van der Waals surface area contributed by atoms with Gasteiger partial charge in [0.25, 0.3) is 0 Å². The first-order chi connectivity index (χ1) is 12.5. The van der Waals surface area contributed by atoms with Gasteiger partial charge in [-0.1, -0.05) is 24.8 Å². The summed E-state index contributed by atoms with van der Waals surface area (Å²) in [4.78, 5) is 11.1. The number of nitrogens with zero attached hydrogens (tertiary/aromatic N) is 4. The van der Waals surface area contributed by atoms with Gasteiger partial charge in [-0.05, 0) is 20.2 Å². The molecule has 0 radical (unpaired) electrons. The number of hydrogen-bond acceptors (Lipinski definition) is 6. The zero-order valence-electron chi connectivity index (χ0n) is 15.7. The second-order valence-electron chi connectivity index (χ2n) is 5.83. The van der Waals surface area contributed by atoms with E-state index in [0.29, 0.717) is 12.2 Å². The van der Waals surface area contributed by atoms with Gasteiger partial charge < -0.3 is 19.9 Å². The summed E-state index contributed by atoms with van der Waals surface area (Å²) >= 11 is 5.68. The van der Waals surface area contributed by atoms with E-state index in [2.05, 4.69) is 28.4 Å². The molecular formula is C17H23ClF3N5O. The van der Waals surface area contributed by atoms with E-state index in [-0.39, 0.29) is 11.7 Å². The minimum Gasteiger partial charge on any atom is -0.438 e. The summed E-state index contributed by atoms with van der Waals surface area (Å²) in [5, 5.41) is 1.77. The molecule has 1 heterocycles. The van der Waals surface area contributed by atoms with E-state index < -0.39 is 22.8 Å². The van der Waals surface area contributed by atoms with Crippen molar-refractivity contribution in [2.75, 3.05) is 46.6 Å². The summed E-state index contributed by atoms with van der Waals surface area (Å²) in [7, 11) is 7.13. The number of rotatable bonds is 9. The van der Waals surface area contributed by atoms with E-state index >= 15 is 0 Å². The van der Waals surface area contributed by atoms with Crippen LogP contribution in [0.3, 0.4) is 0 Å². The summed E-state index contributed by atoms with van der Waals surface area (Å²) in [6.07, 6.45) is -2.05. The van der Waals surface area contributed by atoms with Crippen molar-refractivity contribution in [1.82, 2.24) is 19.8 Å². The van der Waals surface area contributed by atoms with Crippen molar-refractivity contribution in [3.63, 3.8) is 0 Å². The second-order valence-corrected chi connectivity index (χ2v) is 6.19. The average molecular weight is 406 g/mol. The standard InChI is InChI=1S/C17H23ClF3N5O/c1-7-12(10-11(2)26(6)9-8-25(4)5)27-15-13(17(19,20)21)14(18)23-16(22-3)24-15/h7,10H,1-2,8-9H2,3-6H3,(H,22,23,24)/b12-10+. The van der Waals surface area contributed by atoms with Crippen molar-refractivity contribution in [1.29, 1.82) is 0 Å². The van der Waals surface area contributed by atoms with Gasteiger partial charge in [-0.3, -0.25) is 0 Å². The van der Waals surface area contributed by atoms with E-state index in [0.717, 1.165) is 6.54 Å². The quantitative estimate of drug-likeness (QED) is 0.384. The van der Waals surface area contributed by atoms with Crippen LogP contribution in [0.5, 0.6) is 5.88 Å². The number of nitrogens with one attached hydrogen (secondary N) is 1. The lowest BCUT2D eigenvalue weighted by molar-refractivity contribution is -0.139. The predicted molar refractivity (Wildman–Crippen MR) is 101 cm³/mol. The third-order valence-corrected chi connectivity index (χ3v) is 3.71. The van der Waals surface area contributed by atoms with Gasteiger partial charge in [0.15, 0.2) is 10.7 Å². The first-order valence-electron chi connectivity index (χ1n) is 7.88. The number of aromatic nitrogens is 2. The molecule has 0 aliphatic carbocycles. The first-order valence-corrected chi connectivity index (χ1v) is 8.26. The van der Waals surface area contributed by atoms with Crippen LogP contribution in [-0.2, 0) is 6.18 Å². The van der Waals surface area contributed by atoms with Gasteiger partial charge in [0.1, 0.15) is 5.76 Å². The van der Waals surface area contributed by atoms with Crippen molar-refractivity contribution >= 4 is 17.5 Å².